The van der Waals surface area contributed by atoms with Crippen LogP contribution in [0.25, 0.3) is 0 Å². The molecular formula is C11H17N3O3. The van der Waals surface area contributed by atoms with Gasteiger partial charge in [0.05, 0.1) is 0 Å². The van der Waals surface area contributed by atoms with Gasteiger partial charge in [-0.2, -0.15) is 5.10 Å². The molecular weight excluding hydrogens is 222 g/mol. The van der Waals surface area contributed by atoms with Gasteiger partial charge in [0.2, 0.25) is 0 Å². The summed E-state index contributed by atoms with van der Waals surface area (Å²) < 4.78 is 1.24. The minimum Gasteiger partial charge on any atom is -0.479 e. The number of rotatable bonds is 3. The highest BCUT2D eigenvalue weighted by molar-refractivity contribution is 5.76. The van der Waals surface area contributed by atoms with Crippen LogP contribution in [0.2, 0.25) is 0 Å². The zero-order valence-electron chi connectivity index (χ0n) is 9.85. The molecule has 0 unspecified atom stereocenters. The highest BCUT2D eigenvalue weighted by Gasteiger charge is 2.44. The molecule has 0 saturated heterocycles. The summed E-state index contributed by atoms with van der Waals surface area (Å²) in [6.07, 6.45) is 5.06. The summed E-state index contributed by atoms with van der Waals surface area (Å²) in [6.45, 7) is 2.11. The molecule has 94 valence electrons. The van der Waals surface area contributed by atoms with E-state index in [0.717, 1.165) is 19.3 Å². The second-order valence-corrected chi connectivity index (χ2v) is 4.72. The van der Waals surface area contributed by atoms with Crippen LogP contribution in [-0.2, 0) is 10.3 Å². The van der Waals surface area contributed by atoms with E-state index in [1.54, 1.807) is 0 Å². The fourth-order valence-corrected chi connectivity index (χ4v) is 2.67. The van der Waals surface area contributed by atoms with Crippen LogP contribution in [0.5, 0.6) is 0 Å². The number of aromatic nitrogens is 3. The number of nitrogens with one attached hydrogen (secondary N) is 1. The molecule has 17 heavy (non-hydrogen) atoms. The average Bonchev–Trinajstić information content (AvgIpc) is 2.76. The number of aliphatic carboxylic acids is 1. The van der Waals surface area contributed by atoms with Gasteiger partial charge in [0.15, 0.2) is 0 Å². The number of carboxylic acid groups (broad SMARTS) is 1. The lowest BCUT2D eigenvalue weighted by atomic mass is 9.75. The monoisotopic (exact) mass is 239 g/mol. The molecule has 1 fully saturated rings. The van der Waals surface area contributed by atoms with Crippen LogP contribution >= 0.6 is 0 Å². The number of nitrogens with zero attached hydrogens (tertiary/aromatic N) is 2. The topological polar surface area (TPSA) is 88.0 Å². The summed E-state index contributed by atoms with van der Waals surface area (Å²) in [5.41, 5.74) is -1.54. The Balaban J connectivity index is 2.33. The van der Waals surface area contributed by atoms with E-state index >= 15 is 0 Å². The Hall–Kier alpha value is -1.59. The van der Waals surface area contributed by atoms with Gasteiger partial charge in [0.25, 0.3) is 0 Å². The summed E-state index contributed by atoms with van der Waals surface area (Å²) in [6, 6.07) is 0. The molecule has 6 heteroatoms. The predicted molar refractivity (Wildman–Crippen MR) is 60.7 cm³/mol. The predicted octanol–water partition coefficient (Wildman–Crippen LogP) is 0.952. The van der Waals surface area contributed by atoms with Crippen LogP contribution in [0, 0.1) is 5.92 Å². The van der Waals surface area contributed by atoms with Crippen molar-refractivity contribution in [3.05, 3.63) is 16.8 Å². The van der Waals surface area contributed by atoms with Crippen molar-refractivity contribution in [3.63, 3.8) is 0 Å². The normalized spacial score (nSPS) is 29.1. The maximum Gasteiger partial charge on any atom is 0.344 e. The van der Waals surface area contributed by atoms with Gasteiger partial charge in [0.1, 0.15) is 11.9 Å². The Morgan fingerprint density at radius 2 is 2.29 bits per heavy atom. The van der Waals surface area contributed by atoms with Gasteiger partial charge in [-0.25, -0.2) is 14.7 Å². The number of aromatic amines is 1. The van der Waals surface area contributed by atoms with Gasteiger partial charge < -0.3 is 5.11 Å². The lowest BCUT2D eigenvalue weighted by molar-refractivity contribution is -0.150. The molecule has 0 atom stereocenters. The Morgan fingerprint density at radius 3 is 2.71 bits per heavy atom. The van der Waals surface area contributed by atoms with E-state index < -0.39 is 17.2 Å². The maximum absolute atomic E-state index is 11.6. The van der Waals surface area contributed by atoms with Gasteiger partial charge in [-0.15, -0.1) is 0 Å². The minimum atomic E-state index is -1.10. The van der Waals surface area contributed by atoms with Crippen LogP contribution in [0.3, 0.4) is 0 Å². The van der Waals surface area contributed by atoms with Crippen LogP contribution in [-0.4, -0.2) is 25.8 Å². The fourth-order valence-electron chi connectivity index (χ4n) is 2.67. The number of hydrogen-bond donors (Lipinski definition) is 2. The molecule has 2 N–H and O–H groups in total. The zero-order valence-corrected chi connectivity index (χ0v) is 9.85. The molecule has 1 aliphatic carbocycles. The lowest BCUT2D eigenvalue weighted by Crippen LogP contribution is -2.48. The van der Waals surface area contributed by atoms with Crippen LogP contribution in [0.4, 0.5) is 0 Å². The lowest BCUT2D eigenvalue weighted by Gasteiger charge is -2.36. The fraction of sp³-hybridized carbons (Fsp3) is 0.727. The van der Waals surface area contributed by atoms with Crippen LogP contribution in [0.15, 0.2) is 11.1 Å². The molecule has 6 nitrogen and oxygen atoms in total. The van der Waals surface area contributed by atoms with Crippen molar-refractivity contribution in [1.29, 1.82) is 0 Å². The van der Waals surface area contributed by atoms with E-state index in [0.29, 0.717) is 18.8 Å². The van der Waals surface area contributed by atoms with Gasteiger partial charge in [0, 0.05) is 0 Å². The second kappa shape index (κ2) is 4.35. The van der Waals surface area contributed by atoms with Crippen molar-refractivity contribution in [1.82, 2.24) is 14.8 Å². The SMILES string of the molecule is CCC1CCC(C(=O)O)(n2cn[nH]c2=O)CC1. The third-order valence-electron chi connectivity index (χ3n) is 3.92. The largest absolute Gasteiger partial charge is 0.479 e. The van der Waals surface area contributed by atoms with Gasteiger partial charge >= 0.3 is 11.7 Å². The molecule has 1 saturated carbocycles. The molecule has 0 radical (unpaired) electrons. The quantitative estimate of drug-likeness (QED) is 0.822. The molecule has 0 bridgehead atoms. The highest BCUT2D eigenvalue weighted by Crippen LogP contribution is 2.38. The van der Waals surface area contributed by atoms with E-state index in [2.05, 4.69) is 17.1 Å². The molecule has 0 aliphatic heterocycles. The summed E-state index contributed by atoms with van der Waals surface area (Å²) in [5.74, 6) is -0.361. The van der Waals surface area contributed by atoms with Crippen molar-refractivity contribution >= 4 is 5.97 Å². The van der Waals surface area contributed by atoms with Crippen molar-refractivity contribution in [2.24, 2.45) is 5.92 Å². The van der Waals surface area contributed by atoms with Crippen molar-refractivity contribution < 1.29 is 9.90 Å². The third-order valence-corrected chi connectivity index (χ3v) is 3.92. The van der Waals surface area contributed by atoms with Crippen molar-refractivity contribution in [3.8, 4) is 0 Å². The average molecular weight is 239 g/mol. The Bertz CT molecular complexity index is 455. The maximum atomic E-state index is 11.6. The number of carbonyl (C=O) groups is 1. The minimum absolute atomic E-state index is 0.442. The van der Waals surface area contributed by atoms with E-state index in [1.807, 2.05) is 0 Å². The standard InChI is InChI=1S/C11H17N3O3/c1-2-8-3-5-11(6-4-8,9(15)16)14-7-12-13-10(14)17/h7-8H,2-6H2,1H3,(H,13,17)(H,15,16). The Labute approximate surface area is 98.7 Å². The molecule has 1 aromatic rings. The van der Waals surface area contributed by atoms with Gasteiger partial charge in [-0.1, -0.05) is 13.3 Å². The van der Waals surface area contributed by atoms with Gasteiger partial charge in [-0.05, 0) is 31.6 Å². The third kappa shape index (κ3) is 1.87. The molecule has 1 aromatic heterocycles. The first-order valence-electron chi connectivity index (χ1n) is 5.96. The molecule has 0 amide bonds. The molecule has 1 aliphatic rings. The number of carboxylic acids is 1. The number of H-pyrrole nitrogens is 1. The molecule has 2 rings (SSSR count). The smallest absolute Gasteiger partial charge is 0.344 e. The van der Waals surface area contributed by atoms with Crippen molar-refractivity contribution in [2.75, 3.05) is 0 Å². The van der Waals surface area contributed by atoms with Crippen LogP contribution < -0.4 is 5.69 Å². The van der Waals surface area contributed by atoms with Crippen LogP contribution in [0.1, 0.15) is 39.0 Å². The summed E-state index contributed by atoms with van der Waals surface area (Å²) >= 11 is 0. The first-order chi connectivity index (χ1) is 8.10. The van der Waals surface area contributed by atoms with E-state index in [4.69, 9.17) is 0 Å². The summed E-state index contributed by atoms with van der Waals surface area (Å²) in [4.78, 5) is 23.1. The number of hydrogen-bond acceptors (Lipinski definition) is 3. The first kappa shape index (κ1) is 11.9. The van der Waals surface area contributed by atoms with Gasteiger partial charge in [-0.3, -0.25) is 4.57 Å². The molecule has 0 spiro atoms. The summed E-state index contributed by atoms with van der Waals surface area (Å²) in [7, 11) is 0. The van der Waals surface area contributed by atoms with E-state index in [1.165, 1.54) is 10.9 Å². The molecule has 1 heterocycles. The summed E-state index contributed by atoms with van der Waals surface area (Å²) in [5, 5.41) is 15.3. The van der Waals surface area contributed by atoms with E-state index in [-0.39, 0.29) is 0 Å². The second-order valence-electron chi connectivity index (χ2n) is 4.72. The Morgan fingerprint density at radius 1 is 1.65 bits per heavy atom. The Kier molecular flexibility index (Phi) is 3.04. The first-order valence-corrected chi connectivity index (χ1v) is 5.96. The van der Waals surface area contributed by atoms with E-state index in [9.17, 15) is 14.7 Å². The van der Waals surface area contributed by atoms with Crippen molar-refractivity contribution in [2.45, 2.75) is 44.6 Å². The molecule has 0 aromatic carbocycles. The highest BCUT2D eigenvalue weighted by atomic mass is 16.4. The zero-order chi connectivity index (χ0) is 12.5.